The molecule has 0 amide bonds. The lowest BCUT2D eigenvalue weighted by Gasteiger charge is -2.49. The molecule has 0 radical (unpaired) electrons. The molecule has 0 spiro atoms. The van der Waals surface area contributed by atoms with Gasteiger partial charge in [0.1, 0.15) is 17.6 Å². The molecule has 1 aromatic carbocycles. The van der Waals surface area contributed by atoms with Gasteiger partial charge in [-0.1, -0.05) is 13.8 Å². The summed E-state index contributed by atoms with van der Waals surface area (Å²) in [4.78, 5) is 21.8. The highest BCUT2D eigenvalue weighted by atomic mass is 32.1. The monoisotopic (exact) mass is 507 g/mol. The molecule has 4 heterocycles. The first-order chi connectivity index (χ1) is 17.4. The number of thiazole rings is 1. The predicted molar refractivity (Wildman–Crippen MR) is 141 cm³/mol. The highest BCUT2D eigenvalue weighted by Crippen LogP contribution is 2.35. The van der Waals surface area contributed by atoms with Gasteiger partial charge < -0.3 is 9.47 Å². The Morgan fingerprint density at radius 1 is 1.19 bits per heavy atom. The molecule has 5 rings (SSSR count). The van der Waals surface area contributed by atoms with Gasteiger partial charge in [0.25, 0.3) is 5.56 Å². The summed E-state index contributed by atoms with van der Waals surface area (Å²) in [5, 5.41) is 13.8. The number of halogens is 1. The number of rotatable bonds is 6. The van der Waals surface area contributed by atoms with Gasteiger partial charge in [-0.3, -0.25) is 14.4 Å². The van der Waals surface area contributed by atoms with Crippen LogP contribution in [0, 0.1) is 17.1 Å². The summed E-state index contributed by atoms with van der Waals surface area (Å²) in [5.74, 6) is -0.273. The summed E-state index contributed by atoms with van der Waals surface area (Å²) in [6, 6.07) is 7.89. The van der Waals surface area contributed by atoms with E-state index in [1.54, 1.807) is 40.1 Å². The number of nitriles is 1. The van der Waals surface area contributed by atoms with Crippen LogP contribution >= 0.6 is 11.3 Å². The molecule has 1 saturated heterocycles. The lowest BCUT2D eigenvalue weighted by atomic mass is 9.96. The van der Waals surface area contributed by atoms with E-state index >= 15 is 0 Å². The number of anilines is 1. The number of benzene rings is 1. The third-order valence-corrected chi connectivity index (χ3v) is 8.33. The summed E-state index contributed by atoms with van der Waals surface area (Å²) in [7, 11) is 1.73. The number of piperazine rings is 1. The Morgan fingerprint density at radius 3 is 2.69 bits per heavy atom. The first kappa shape index (κ1) is 24.4. The first-order valence-corrected chi connectivity index (χ1v) is 13.2. The van der Waals surface area contributed by atoms with E-state index in [1.807, 2.05) is 0 Å². The third-order valence-electron chi connectivity index (χ3n) is 7.55. The fraction of sp³-hybridized carbons (Fsp3) is 0.462. The van der Waals surface area contributed by atoms with Gasteiger partial charge in [-0.15, -0.1) is 11.3 Å². The van der Waals surface area contributed by atoms with E-state index in [1.165, 1.54) is 11.3 Å². The van der Waals surface area contributed by atoms with Gasteiger partial charge in [0.05, 0.1) is 33.7 Å². The van der Waals surface area contributed by atoms with E-state index < -0.39 is 0 Å². The second-order valence-corrected chi connectivity index (χ2v) is 10.4. The molecule has 10 heteroatoms. The minimum absolute atomic E-state index is 0.0330. The minimum atomic E-state index is -0.273. The molecule has 0 bridgehead atoms. The molecular formula is C26H30FN7OS. The average Bonchev–Trinajstić information content (AvgIpc) is 3.53. The highest BCUT2D eigenvalue weighted by molar-refractivity contribution is 7.16. The van der Waals surface area contributed by atoms with Gasteiger partial charge in [0, 0.05) is 44.3 Å². The molecule has 0 unspecified atom stereocenters. The molecule has 0 N–H and O–H groups in total. The van der Waals surface area contributed by atoms with Crippen molar-refractivity contribution in [1.82, 2.24) is 24.2 Å². The number of pyridine rings is 1. The molecule has 1 aliphatic rings. The van der Waals surface area contributed by atoms with Crippen LogP contribution in [0.3, 0.4) is 0 Å². The van der Waals surface area contributed by atoms with Crippen LogP contribution in [-0.2, 0) is 13.6 Å². The zero-order valence-electron chi connectivity index (χ0n) is 21.0. The molecule has 3 aromatic heterocycles. The maximum atomic E-state index is 14.7. The van der Waals surface area contributed by atoms with E-state index in [0.29, 0.717) is 5.52 Å². The molecule has 1 fully saturated rings. The normalized spacial score (nSPS) is 19.7. The molecule has 36 heavy (non-hydrogen) atoms. The van der Waals surface area contributed by atoms with Gasteiger partial charge >= 0.3 is 0 Å². The van der Waals surface area contributed by atoms with Gasteiger partial charge in [-0.25, -0.2) is 9.37 Å². The molecular weight excluding hydrogens is 477 g/mol. The van der Waals surface area contributed by atoms with Crippen molar-refractivity contribution in [3.05, 3.63) is 51.6 Å². The summed E-state index contributed by atoms with van der Waals surface area (Å²) < 4.78 is 18.8. The van der Waals surface area contributed by atoms with Crippen molar-refractivity contribution in [2.24, 2.45) is 7.05 Å². The smallest absolute Gasteiger partial charge is 0.252 e. The fourth-order valence-corrected chi connectivity index (χ4v) is 6.18. The first-order valence-electron chi connectivity index (χ1n) is 12.3. The Labute approximate surface area is 213 Å². The standard InChI is InChI=1S/C26H30FN7OS/c1-5-18-13-34(21-11-24(35)31(4)22-14-32(8-7-28)30-26(21)22)19(6-2)12-33(18)16(3)17-9-20(27)25-23(10-17)36-15-29-25/h9-11,14-16,18-19H,5-6,8,12-13H2,1-4H3/t16-,18-,19+/m1/s1. The van der Waals surface area contributed by atoms with Crippen molar-refractivity contribution in [3.63, 3.8) is 0 Å². The summed E-state index contributed by atoms with van der Waals surface area (Å²) in [5.41, 5.74) is 5.26. The maximum absolute atomic E-state index is 14.7. The van der Waals surface area contributed by atoms with Crippen molar-refractivity contribution in [3.8, 4) is 6.07 Å². The zero-order chi connectivity index (χ0) is 25.6. The largest absolute Gasteiger partial charge is 0.364 e. The molecule has 8 nitrogen and oxygen atoms in total. The minimum Gasteiger partial charge on any atom is -0.364 e. The van der Waals surface area contributed by atoms with Gasteiger partial charge in [0.15, 0.2) is 5.82 Å². The quantitative estimate of drug-likeness (QED) is 0.384. The van der Waals surface area contributed by atoms with Crippen LogP contribution in [0.1, 0.15) is 45.2 Å². The average molecular weight is 508 g/mol. The van der Waals surface area contributed by atoms with Crippen molar-refractivity contribution >= 4 is 38.3 Å². The Morgan fingerprint density at radius 2 is 1.97 bits per heavy atom. The maximum Gasteiger partial charge on any atom is 0.252 e. The number of fused-ring (bicyclic) bond motifs is 2. The van der Waals surface area contributed by atoms with Gasteiger partial charge in [-0.2, -0.15) is 10.4 Å². The van der Waals surface area contributed by atoms with Gasteiger partial charge in [0.2, 0.25) is 0 Å². The highest BCUT2D eigenvalue weighted by Gasteiger charge is 2.36. The van der Waals surface area contributed by atoms with Crippen LogP contribution in [0.2, 0.25) is 0 Å². The summed E-state index contributed by atoms with van der Waals surface area (Å²) in [6.45, 7) is 8.12. The number of aryl methyl sites for hydroxylation is 1. The zero-order valence-corrected chi connectivity index (χ0v) is 21.8. The lowest BCUT2D eigenvalue weighted by Crippen LogP contribution is -2.58. The Hall–Kier alpha value is -3.29. The van der Waals surface area contributed by atoms with E-state index in [9.17, 15) is 9.18 Å². The van der Waals surface area contributed by atoms with Crippen LogP contribution in [0.15, 0.2) is 34.7 Å². The molecule has 0 saturated carbocycles. The number of nitrogens with zero attached hydrogens (tertiary/aromatic N) is 7. The topological polar surface area (TPSA) is 83.0 Å². The molecule has 0 aliphatic carbocycles. The fourth-order valence-electron chi connectivity index (χ4n) is 5.44. The molecule has 188 valence electrons. The molecule has 4 aromatic rings. The Balaban J connectivity index is 1.52. The second-order valence-electron chi connectivity index (χ2n) is 9.50. The van der Waals surface area contributed by atoms with E-state index in [-0.39, 0.29) is 36.0 Å². The van der Waals surface area contributed by atoms with Crippen LogP contribution in [-0.4, -0.2) is 49.4 Å². The van der Waals surface area contributed by atoms with Crippen LogP contribution in [0.25, 0.3) is 21.3 Å². The predicted octanol–water partition coefficient (Wildman–Crippen LogP) is 4.45. The van der Waals surface area contributed by atoms with Crippen molar-refractivity contribution in [2.45, 2.75) is 58.3 Å². The summed E-state index contributed by atoms with van der Waals surface area (Å²) in [6.07, 6.45) is 3.57. The summed E-state index contributed by atoms with van der Waals surface area (Å²) >= 11 is 1.46. The molecule has 1 aliphatic heterocycles. The Kier molecular flexibility index (Phi) is 6.53. The van der Waals surface area contributed by atoms with Crippen LogP contribution in [0.4, 0.5) is 10.1 Å². The number of aromatic nitrogens is 4. The third kappa shape index (κ3) is 4.06. The number of hydrogen-bond donors (Lipinski definition) is 0. The van der Waals surface area contributed by atoms with E-state index in [0.717, 1.165) is 52.9 Å². The SMILES string of the molecule is CC[C@H]1CN([C@H](C)c2cc(F)c3ncsc3c2)[C@H](CC)CN1c1cc(=O)n(C)c2cn(CC#N)nc12. The molecule has 3 atom stereocenters. The van der Waals surface area contributed by atoms with Gasteiger partial charge in [-0.05, 0) is 37.5 Å². The van der Waals surface area contributed by atoms with E-state index in [2.05, 4.69) is 52.8 Å². The second kappa shape index (κ2) is 9.64. The lowest BCUT2D eigenvalue weighted by molar-refractivity contribution is 0.101. The van der Waals surface area contributed by atoms with Crippen LogP contribution in [0.5, 0.6) is 0 Å². The Bertz CT molecular complexity index is 1520. The van der Waals surface area contributed by atoms with Crippen molar-refractivity contribution in [1.29, 1.82) is 5.26 Å². The number of hydrogen-bond acceptors (Lipinski definition) is 7. The van der Waals surface area contributed by atoms with Crippen molar-refractivity contribution in [2.75, 3.05) is 18.0 Å². The van der Waals surface area contributed by atoms with Crippen LogP contribution < -0.4 is 10.5 Å². The van der Waals surface area contributed by atoms with Crippen molar-refractivity contribution < 1.29 is 4.39 Å². The van der Waals surface area contributed by atoms with E-state index in [4.69, 9.17) is 5.26 Å².